The molecule has 0 saturated heterocycles. The zero-order valence-electron chi connectivity index (χ0n) is 12.2. The monoisotopic (exact) mass is 301 g/mol. The molecule has 1 aromatic rings. The molecule has 0 fully saturated rings. The molecular formula is C15H18F3NO2. The lowest BCUT2D eigenvalue weighted by atomic mass is 9.87. The lowest BCUT2D eigenvalue weighted by Crippen LogP contribution is -2.37. The molecule has 0 saturated carbocycles. The number of rotatable bonds is 1. The molecule has 1 unspecified atom stereocenters. The van der Waals surface area contributed by atoms with Crippen LogP contribution in [-0.2, 0) is 22.3 Å². The van der Waals surface area contributed by atoms with Crippen molar-refractivity contribution in [1.29, 1.82) is 0 Å². The number of esters is 1. The number of hydrogen-bond acceptors (Lipinski definition) is 3. The highest BCUT2D eigenvalue weighted by atomic mass is 19.4. The Balaban J connectivity index is 2.39. The van der Waals surface area contributed by atoms with Crippen molar-refractivity contribution in [3.05, 3.63) is 34.9 Å². The molecule has 2 rings (SSSR count). The molecule has 0 radical (unpaired) electrons. The van der Waals surface area contributed by atoms with Gasteiger partial charge in [0.15, 0.2) is 0 Å². The second-order valence-corrected chi connectivity index (χ2v) is 6.09. The minimum atomic E-state index is -4.43. The molecule has 1 atom stereocenters. The second-order valence-electron chi connectivity index (χ2n) is 6.09. The van der Waals surface area contributed by atoms with E-state index in [1.165, 1.54) is 6.07 Å². The van der Waals surface area contributed by atoms with Crippen molar-refractivity contribution in [1.82, 2.24) is 5.32 Å². The van der Waals surface area contributed by atoms with Gasteiger partial charge in [0, 0.05) is 13.1 Å². The summed E-state index contributed by atoms with van der Waals surface area (Å²) < 4.78 is 44.4. The second kappa shape index (κ2) is 5.33. The molecule has 3 nitrogen and oxygen atoms in total. The average molecular weight is 301 g/mol. The van der Waals surface area contributed by atoms with Gasteiger partial charge >= 0.3 is 12.1 Å². The van der Waals surface area contributed by atoms with Crippen LogP contribution in [-0.4, -0.2) is 18.1 Å². The molecule has 1 aromatic carbocycles. The Kier molecular flexibility index (Phi) is 4.02. The molecule has 1 N–H and O–H groups in total. The summed E-state index contributed by atoms with van der Waals surface area (Å²) in [6, 6.07) is 3.95. The summed E-state index contributed by atoms with van der Waals surface area (Å²) in [7, 11) is 0. The summed E-state index contributed by atoms with van der Waals surface area (Å²) in [6.07, 6.45) is -4.43. The summed E-state index contributed by atoms with van der Waals surface area (Å²) in [5, 5.41) is 2.87. The molecule has 1 heterocycles. The summed E-state index contributed by atoms with van der Waals surface area (Å²) in [5.41, 5.74) is -0.832. The van der Waals surface area contributed by atoms with E-state index < -0.39 is 29.2 Å². The number of nitrogens with one attached hydrogen (secondary N) is 1. The minimum absolute atomic E-state index is 0.102. The van der Waals surface area contributed by atoms with Gasteiger partial charge in [0.2, 0.25) is 0 Å². The van der Waals surface area contributed by atoms with E-state index in [9.17, 15) is 18.0 Å². The van der Waals surface area contributed by atoms with Crippen molar-refractivity contribution in [3.63, 3.8) is 0 Å². The van der Waals surface area contributed by atoms with Gasteiger partial charge in [0.1, 0.15) is 5.60 Å². The summed E-state index contributed by atoms with van der Waals surface area (Å²) >= 11 is 0. The van der Waals surface area contributed by atoms with Crippen LogP contribution in [0.5, 0.6) is 0 Å². The zero-order chi connectivity index (χ0) is 15.8. The highest BCUT2D eigenvalue weighted by Crippen LogP contribution is 2.37. The van der Waals surface area contributed by atoms with Gasteiger partial charge in [0.05, 0.1) is 11.5 Å². The molecule has 0 bridgehead atoms. The fraction of sp³-hybridized carbons (Fsp3) is 0.533. The number of halogens is 3. The highest BCUT2D eigenvalue weighted by molar-refractivity contribution is 5.80. The van der Waals surface area contributed by atoms with Crippen molar-refractivity contribution in [2.24, 2.45) is 0 Å². The van der Waals surface area contributed by atoms with Gasteiger partial charge in [-0.1, -0.05) is 12.1 Å². The van der Waals surface area contributed by atoms with Crippen LogP contribution in [0.15, 0.2) is 18.2 Å². The van der Waals surface area contributed by atoms with E-state index in [0.717, 1.165) is 6.07 Å². The Morgan fingerprint density at radius 1 is 1.29 bits per heavy atom. The number of carbonyl (C=O) groups is 1. The smallest absolute Gasteiger partial charge is 0.416 e. The number of carbonyl (C=O) groups excluding carboxylic acids is 1. The van der Waals surface area contributed by atoms with Crippen molar-refractivity contribution < 1.29 is 22.7 Å². The van der Waals surface area contributed by atoms with Crippen LogP contribution in [0.25, 0.3) is 0 Å². The highest BCUT2D eigenvalue weighted by Gasteiger charge is 2.38. The third-order valence-corrected chi connectivity index (χ3v) is 3.23. The predicted molar refractivity (Wildman–Crippen MR) is 71.7 cm³/mol. The Hall–Kier alpha value is -1.56. The Bertz CT molecular complexity index is 547. The number of ether oxygens (including phenoxy) is 1. The van der Waals surface area contributed by atoms with E-state index in [1.54, 1.807) is 26.8 Å². The fourth-order valence-electron chi connectivity index (χ4n) is 2.43. The normalized spacial score (nSPS) is 19.0. The summed E-state index contributed by atoms with van der Waals surface area (Å²) in [4.78, 5) is 12.2. The predicted octanol–water partition coefficient (Wildman–Crippen LogP) is 3.23. The van der Waals surface area contributed by atoms with E-state index in [4.69, 9.17) is 4.74 Å². The minimum Gasteiger partial charge on any atom is -0.459 e. The number of fused-ring (bicyclic) bond motifs is 1. The lowest BCUT2D eigenvalue weighted by molar-refractivity contribution is -0.157. The molecule has 1 aliphatic heterocycles. The first-order chi connectivity index (χ1) is 9.59. The molecule has 116 valence electrons. The third-order valence-electron chi connectivity index (χ3n) is 3.23. The molecule has 0 amide bonds. The van der Waals surface area contributed by atoms with Crippen LogP contribution in [0, 0.1) is 0 Å². The maximum Gasteiger partial charge on any atom is 0.416 e. The fourth-order valence-corrected chi connectivity index (χ4v) is 2.43. The first-order valence-corrected chi connectivity index (χ1v) is 6.72. The van der Waals surface area contributed by atoms with E-state index in [-0.39, 0.29) is 18.7 Å². The Morgan fingerprint density at radius 2 is 1.95 bits per heavy atom. The summed E-state index contributed by atoms with van der Waals surface area (Å²) in [6.45, 7) is 5.57. The molecule has 0 aliphatic carbocycles. The van der Waals surface area contributed by atoms with Crippen LogP contribution >= 0.6 is 0 Å². The first-order valence-electron chi connectivity index (χ1n) is 6.72. The quantitative estimate of drug-likeness (QED) is 0.809. The molecule has 0 spiro atoms. The van der Waals surface area contributed by atoms with Gasteiger partial charge in [-0.25, -0.2) is 0 Å². The van der Waals surface area contributed by atoms with Gasteiger partial charge in [-0.2, -0.15) is 13.2 Å². The standard InChI is InChI=1S/C15H18F3NO2/c1-14(2,3)21-13(20)11-8-19-7-10-9(11)5-4-6-12(10)15(16,17)18/h4-6,11,19H,7-8H2,1-3H3. The van der Waals surface area contributed by atoms with Gasteiger partial charge in [-0.15, -0.1) is 0 Å². The maximum atomic E-state index is 13.0. The van der Waals surface area contributed by atoms with E-state index >= 15 is 0 Å². The number of alkyl halides is 3. The SMILES string of the molecule is CC(C)(C)OC(=O)C1CNCc2c1cccc2C(F)(F)F. The largest absolute Gasteiger partial charge is 0.459 e. The van der Waals surface area contributed by atoms with Crippen LogP contribution in [0.2, 0.25) is 0 Å². The molecule has 0 aromatic heterocycles. The summed E-state index contributed by atoms with van der Waals surface area (Å²) in [5.74, 6) is -1.22. The van der Waals surface area contributed by atoms with Crippen molar-refractivity contribution in [2.45, 2.75) is 45.0 Å². The van der Waals surface area contributed by atoms with Crippen LogP contribution in [0.4, 0.5) is 13.2 Å². The molecule has 6 heteroatoms. The number of benzene rings is 1. The lowest BCUT2D eigenvalue weighted by Gasteiger charge is -2.30. The maximum absolute atomic E-state index is 13.0. The van der Waals surface area contributed by atoms with Crippen LogP contribution in [0.3, 0.4) is 0 Å². The van der Waals surface area contributed by atoms with E-state index in [1.807, 2.05) is 0 Å². The molecular weight excluding hydrogens is 283 g/mol. The Morgan fingerprint density at radius 3 is 2.52 bits per heavy atom. The van der Waals surface area contributed by atoms with Gasteiger partial charge in [0.25, 0.3) is 0 Å². The van der Waals surface area contributed by atoms with Gasteiger partial charge < -0.3 is 10.1 Å². The van der Waals surface area contributed by atoms with Crippen LogP contribution in [0.1, 0.15) is 43.4 Å². The number of hydrogen-bond donors (Lipinski definition) is 1. The molecule has 1 aliphatic rings. The first kappa shape index (κ1) is 15.8. The van der Waals surface area contributed by atoms with Gasteiger partial charge in [-0.3, -0.25) is 4.79 Å². The van der Waals surface area contributed by atoms with Crippen LogP contribution < -0.4 is 5.32 Å². The topological polar surface area (TPSA) is 38.3 Å². The Labute approximate surface area is 121 Å². The van der Waals surface area contributed by atoms with Crippen molar-refractivity contribution >= 4 is 5.97 Å². The van der Waals surface area contributed by atoms with Gasteiger partial charge in [-0.05, 0) is 38.0 Å². The zero-order valence-corrected chi connectivity index (χ0v) is 12.2. The van der Waals surface area contributed by atoms with E-state index in [2.05, 4.69) is 5.32 Å². The van der Waals surface area contributed by atoms with Crippen molar-refractivity contribution in [2.75, 3.05) is 6.54 Å². The third kappa shape index (κ3) is 3.56. The average Bonchev–Trinajstić information content (AvgIpc) is 2.34. The molecule has 21 heavy (non-hydrogen) atoms. The van der Waals surface area contributed by atoms with E-state index in [0.29, 0.717) is 5.56 Å². The van der Waals surface area contributed by atoms with Crippen molar-refractivity contribution in [3.8, 4) is 0 Å².